The number of carbonyl (C=O) groups excluding carboxylic acids is 1. The minimum atomic E-state index is -0.488. The average molecular weight is 437 g/mol. The van der Waals surface area contributed by atoms with Gasteiger partial charge in [-0.25, -0.2) is 4.68 Å². The van der Waals surface area contributed by atoms with Crippen LogP contribution in [0.3, 0.4) is 0 Å². The van der Waals surface area contributed by atoms with E-state index < -0.39 is 9.85 Å². The quantitative estimate of drug-likeness (QED) is 0.349. The maximum absolute atomic E-state index is 12.5. The molecule has 31 heavy (non-hydrogen) atoms. The number of nitro benzene ring substituents is 2. The number of amides is 1. The molecule has 0 radical (unpaired) electrons. The summed E-state index contributed by atoms with van der Waals surface area (Å²) >= 11 is 1.69. The number of benzene rings is 2. The van der Waals surface area contributed by atoms with Crippen LogP contribution in [-0.4, -0.2) is 25.5 Å². The van der Waals surface area contributed by atoms with Crippen LogP contribution >= 0.6 is 11.8 Å². The fourth-order valence-corrected chi connectivity index (χ4v) is 4.12. The highest BCUT2D eigenvalue weighted by Gasteiger charge is 2.24. The number of non-ortho nitro benzene ring substituents is 2. The van der Waals surface area contributed by atoms with Crippen molar-refractivity contribution in [3.63, 3.8) is 0 Å². The molecule has 0 unspecified atom stereocenters. The summed E-state index contributed by atoms with van der Waals surface area (Å²) in [4.78, 5) is 33.2. The summed E-state index contributed by atoms with van der Waals surface area (Å²) in [7, 11) is 0. The van der Waals surface area contributed by atoms with E-state index in [2.05, 4.69) is 10.4 Å². The second-order valence-electron chi connectivity index (χ2n) is 6.62. The van der Waals surface area contributed by atoms with E-state index in [4.69, 9.17) is 0 Å². The summed E-state index contributed by atoms with van der Waals surface area (Å²) in [5.74, 6) is 1.55. The Hall–Kier alpha value is -3.99. The number of hydrogen-bond donors (Lipinski definition) is 1. The number of anilines is 1. The van der Waals surface area contributed by atoms with E-state index in [9.17, 15) is 25.0 Å². The molecular weight excluding hydrogens is 422 g/mol. The summed E-state index contributed by atoms with van der Waals surface area (Å²) in [5.41, 5.74) is 2.96. The van der Waals surface area contributed by atoms with Gasteiger partial charge in [-0.15, -0.1) is 0 Å². The van der Waals surface area contributed by atoms with E-state index in [1.807, 2.05) is 0 Å². The molecule has 1 aromatic heterocycles. The predicted molar refractivity (Wildman–Crippen MR) is 116 cm³/mol. The molecule has 2 aromatic carbocycles. The van der Waals surface area contributed by atoms with Crippen LogP contribution in [0.15, 0.2) is 54.6 Å². The van der Waals surface area contributed by atoms with Crippen molar-refractivity contribution >= 4 is 40.9 Å². The van der Waals surface area contributed by atoms with Crippen LogP contribution in [-0.2, 0) is 16.3 Å². The van der Waals surface area contributed by atoms with Crippen LogP contribution in [0.1, 0.15) is 16.8 Å². The normalized spacial score (nSPS) is 12.6. The summed E-state index contributed by atoms with van der Waals surface area (Å²) < 4.78 is 1.58. The first-order valence-corrected chi connectivity index (χ1v) is 10.2. The Balaban J connectivity index is 1.57. The Bertz CT molecular complexity index is 1200. The Labute approximate surface area is 179 Å². The van der Waals surface area contributed by atoms with E-state index in [1.165, 1.54) is 30.3 Å². The molecular formula is C20H15N5O5S. The second-order valence-corrected chi connectivity index (χ2v) is 7.61. The first-order valence-electron chi connectivity index (χ1n) is 9.09. The number of rotatable bonds is 6. The van der Waals surface area contributed by atoms with Gasteiger partial charge in [0.25, 0.3) is 11.4 Å². The lowest BCUT2D eigenvalue weighted by molar-refractivity contribution is -0.385. The maximum atomic E-state index is 12.5. The Morgan fingerprint density at radius 1 is 1.00 bits per heavy atom. The average Bonchev–Trinajstić information content (AvgIpc) is 3.35. The number of nitrogens with zero attached hydrogens (tertiary/aromatic N) is 4. The van der Waals surface area contributed by atoms with Gasteiger partial charge in [0.1, 0.15) is 5.82 Å². The first kappa shape index (κ1) is 20.3. The van der Waals surface area contributed by atoms with Crippen LogP contribution in [0.4, 0.5) is 17.2 Å². The van der Waals surface area contributed by atoms with E-state index >= 15 is 0 Å². The Kier molecular flexibility index (Phi) is 5.50. The number of thioether (sulfide) groups is 1. The van der Waals surface area contributed by atoms with Crippen LogP contribution in [0.2, 0.25) is 0 Å². The molecule has 3 aromatic rings. The van der Waals surface area contributed by atoms with Crippen molar-refractivity contribution in [2.45, 2.75) is 11.5 Å². The molecule has 0 atom stereocenters. The molecule has 0 saturated heterocycles. The van der Waals surface area contributed by atoms with Gasteiger partial charge in [-0.2, -0.15) is 16.9 Å². The van der Waals surface area contributed by atoms with Crippen molar-refractivity contribution in [3.8, 4) is 5.69 Å². The number of nitrogens with one attached hydrogen (secondary N) is 1. The molecule has 10 nitrogen and oxygen atoms in total. The molecule has 1 N–H and O–H groups in total. The zero-order valence-corrected chi connectivity index (χ0v) is 16.7. The van der Waals surface area contributed by atoms with Crippen LogP contribution in [0.25, 0.3) is 11.8 Å². The van der Waals surface area contributed by atoms with Crippen LogP contribution < -0.4 is 5.32 Å². The van der Waals surface area contributed by atoms with Crippen molar-refractivity contribution < 1.29 is 14.6 Å². The molecule has 0 fully saturated rings. The lowest BCUT2D eigenvalue weighted by atomic mass is 10.2. The molecule has 0 aliphatic carbocycles. The molecule has 1 amide bonds. The third-order valence-electron chi connectivity index (χ3n) is 4.63. The fraction of sp³-hybridized carbons (Fsp3) is 0.100. The third kappa shape index (κ3) is 4.31. The molecule has 0 saturated carbocycles. The second kappa shape index (κ2) is 8.40. The van der Waals surface area contributed by atoms with Crippen molar-refractivity contribution in [1.82, 2.24) is 9.78 Å². The van der Waals surface area contributed by atoms with E-state index in [0.717, 1.165) is 17.0 Å². The van der Waals surface area contributed by atoms with Gasteiger partial charge in [0.05, 0.1) is 21.2 Å². The van der Waals surface area contributed by atoms with Crippen molar-refractivity contribution in [2.24, 2.45) is 0 Å². The summed E-state index contributed by atoms with van der Waals surface area (Å²) in [6.45, 7) is 0. The number of nitro groups is 2. The van der Waals surface area contributed by atoms with Crippen molar-refractivity contribution in [1.29, 1.82) is 0 Å². The maximum Gasteiger partial charge on any atom is 0.269 e. The monoisotopic (exact) mass is 437 g/mol. The highest BCUT2D eigenvalue weighted by Crippen LogP contribution is 2.36. The lowest BCUT2D eigenvalue weighted by Crippen LogP contribution is -2.13. The van der Waals surface area contributed by atoms with Gasteiger partial charge < -0.3 is 5.32 Å². The van der Waals surface area contributed by atoms with Gasteiger partial charge in [-0.1, -0.05) is 0 Å². The van der Waals surface area contributed by atoms with E-state index in [1.54, 1.807) is 46.8 Å². The molecule has 1 aliphatic heterocycles. The molecule has 2 heterocycles. The molecule has 0 spiro atoms. The Morgan fingerprint density at radius 2 is 1.61 bits per heavy atom. The smallest absolute Gasteiger partial charge is 0.269 e. The van der Waals surface area contributed by atoms with Gasteiger partial charge in [-0.05, 0) is 35.9 Å². The molecule has 1 aliphatic rings. The molecule has 0 bridgehead atoms. The van der Waals surface area contributed by atoms with Crippen molar-refractivity contribution in [3.05, 3.63) is 91.7 Å². The lowest BCUT2D eigenvalue weighted by Gasteiger charge is -2.09. The molecule has 4 rings (SSSR count). The largest absolute Gasteiger partial charge is 0.307 e. The first-order chi connectivity index (χ1) is 14.9. The van der Waals surface area contributed by atoms with Crippen molar-refractivity contribution in [2.75, 3.05) is 5.32 Å². The predicted octanol–water partition coefficient (Wildman–Crippen LogP) is 4.09. The third-order valence-corrected chi connectivity index (χ3v) is 5.60. The Morgan fingerprint density at radius 3 is 2.23 bits per heavy atom. The highest BCUT2D eigenvalue weighted by atomic mass is 32.2. The standard InChI is InChI=1S/C20H15N5O5S/c26-19(10-3-13-1-4-15(5-2-13)24(27)28)21-20-17-11-31-12-18(17)22-23(20)14-6-8-16(9-7-14)25(29)30/h1-10H,11-12H2,(H,21,26)/b10-3-. The SMILES string of the molecule is O=C(/C=C\c1ccc([N+](=O)[O-])cc1)Nc1c2c(nn1-c1ccc([N+](=O)[O-])cc1)CSC2. The van der Waals surface area contributed by atoms with Crippen LogP contribution in [0.5, 0.6) is 0 Å². The van der Waals surface area contributed by atoms with Crippen LogP contribution in [0, 0.1) is 20.2 Å². The number of carbonyl (C=O) groups is 1. The van der Waals surface area contributed by atoms with Gasteiger partial charge in [-0.3, -0.25) is 25.0 Å². The van der Waals surface area contributed by atoms with Gasteiger partial charge in [0.2, 0.25) is 5.91 Å². The zero-order valence-electron chi connectivity index (χ0n) is 15.9. The van der Waals surface area contributed by atoms with E-state index in [-0.39, 0.29) is 17.3 Å². The number of fused-ring (bicyclic) bond motifs is 1. The molecule has 156 valence electrons. The van der Waals surface area contributed by atoms with Gasteiger partial charge in [0.15, 0.2) is 0 Å². The number of hydrogen-bond acceptors (Lipinski definition) is 7. The number of aromatic nitrogens is 2. The highest BCUT2D eigenvalue weighted by molar-refractivity contribution is 7.98. The topological polar surface area (TPSA) is 133 Å². The van der Waals surface area contributed by atoms with E-state index in [0.29, 0.717) is 22.8 Å². The minimum Gasteiger partial charge on any atom is -0.307 e. The van der Waals surface area contributed by atoms with Gasteiger partial charge >= 0.3 is 0 Å². The van der Waals surface area contributed by atoms with Gasteiger partial charge in [0, 0.05) is 47.4 Å². The zero-order chi connectivity index (χ0) is 22.0. The molecule has 11 heteroatoms. The fourth-order valence-electron chi connectivity index (χ4n) is 3.08. The summed E-state index contributed by atoms with van der Waals surface area (Å²) in [6, 6.07) is 11.8. The summed E-state index contributed by atoms with van der Waals surface area (Å²) in [5, 5.41) is 29.0. The summed E-state index contributed by atoms with van der Waals surface area (Å²) in [6.07, 6.45) is 2.89. The minimum absolute atomic E-state index is 0.0262.